The Kier molecular flexibility index (Phi) is 7.01. The van der Waals surface area contributed by atoms with Crippen LogP contribution in [0.15, 0.2) is 0 Å². The molecule has 0 unspecified atom stereocenters. The Morgan fingerprint density at radius 3 is 1.81 bits per heavy atom. The van der Waals surface area contributed by atoms with Crippen LogP contribution in [0.3, 0.4) is 0 Å². The molecule has 0 amide bonds. The summed E-state index contributed by atoms with van der Waals surface area (Å²) >= 11 is 0. The zero-order valence-electron chi connectivity index (χ0n) is 15.6. The van der Waals surface area contributed by atoms with E-state index >= 15 is 0 Å². The molecule has 1 heterocycles. The van der Waals surface area contributed by atoms with E-state index in [0.717, 1.165) is 5.94 Å². The van der Waals surface area contributed by atoms with Gasteiger partial charge in [0.15, 0.2) is 0 Å². The Morgan fingerprint density at radius 1 is 0.810 bits per heavy atom. The van der Waals surface area contributed by atoms with E-state index in [9.17, 15) is 0 Å². The summed E-state index contributed by atoms with van der Waals surface area (Å²) < 4.78 is 12.3. The predicted molar refractivity (Wildman–Crippen MR) is 96.6 cm³/mol. The van der Waals surface area contributed by atoms with Crippen LogP contribution in [0.25, 0.3) is 0 Å². The molecule has 1 aliphatic rings. The molecule has 2 nitrogen and oxygen atoms in total. The average molecular weight is 312 g/mol. The molecule has 1 aliphatic heterocycles. The van der Waals surface area contributed by atoms with Gasteiger partial charge in [0.25, 0.3) is 0 Å². The highest BCUT2D eigenvalue weighted by atomic mass is 28.3. The van der Waals surface area contributed by atoms with Crippen molar-refractivity contribution in [3.05, 3.63) is 0 Å². The Balaban J connectivity index is 2.30. The quantitative estimate of drug-likeness (QED) is 0.402. The van der Waals surface area contributed by atoms with Crippen molar-refractivity contribution in [3.63, 3.8) is 0 Å². The maximum atomic E-state index is 6.17. The molecule has 0 radical (unpaired) electrons. The largest absolute Gasteiger partial charge is 0.454 e. The van der Waals surface area contributed by atoms with Crippen LogP contribution in [0.5, 0.6) is 0 Å². The molecule has 0 aromatic carbocycles. The van der Waals surface area contributed by atoms with Crippen LogP contribution in [0.4, 0.5) is 0 Å². The summed E-state index contributed by atoms with van der Waals surface area (Å²) in [6.45, 7) is 15.9. The molecule has 0 N–H and O–H groups in total. The average Bonchev–Trinajstić information content (AvgIpc) is 2.50. The molecule has 21 heavy (non-hydrogen) atoms. The predicted octanol–water partition coefficient (Wildman–Crippen LogP) is 5.69. The van der Waals surface area contributed by atoms with E-state index in [2.05, 4.69) is 47.7 Å². The highest BCUT2D eigenvalue weighted by Gasteiger charge is 2.52. The molecular formula is C17H37BO2Si. The van der Waals surface area contributed by atoms with E-state index in [1.165, 1.54) is 44.6 Å². The molecule has 1 rings (SSSR count). The van der Waals surface area contributed by atoms with Gasteiger partial charge in [-0.15, -0.1) is 0 Å². The first-order chi connectivity index (χ1) is 9.60. The normalized spacial score (nSPS) is 21.0. The lowest BCUT2D eigenvalue weighted by molar-refractivity contribution is 0.00578. The van der Waals surface area contributed by atoms with Crippen molar-refractivity contribution in [2.24, 2.45) is 0 Å². The molecule has 0 aromatic heterocycles. The standard InChI is InChI=1S/C17H37BO2Si/c1-8-9-10-11-12-13-14-21(6,7)15-18-19-16(2,3)17(4,5)20-18/h8-15H2,1-7H3. The molecule has 0 spiro atoms. The number of hydrogen-bond donors (Lipinski definition) is 0. The van der Waals surface area contributed by atoms with Gasteiger partial charge >= 0.3 is 7.12 Å². The molecule has 0 aliphatic carbocycles. The summed E-state index contributed by atoms with van der Waals surface area (Å²) in [6, 6.07) is 1.41. The molecule has 0 atom stereocenters. The van der Waals surface area contributed by atoms with Crippen LogP contribution in [0.2, 0.25) is 25.1 Å². The second-order valence-corrected chi connectivity index (χ2v) is 13.8. The molecule has 4 heteroatoms. The third-order valence-electron chi connectivity index (χ3n) is 5.23. The van der Waals surface area contributed by atoms with Crippen LogP contribution < -0.4 is 0 Å². The van der Waals surface area contributed by atoms with Gasteiger partial charge in [-0.3, -0.25) is 0 Å². The maximum Gasteiger partial charge on any atom is 0.454 e. The summed E-state index contributed by atoms with van der Waals surface area (Å²) in [7, 11) is -1.20. The van der Waals surface area contributed by atoms with Gasteiger partial charge < -0.3 is 9.31 Å². The van der Waals surface area contributed by atoms with Crippen LogP contribution in [0, 0.1) is 0 Å². The smallest absolute Gasteiger partial charge is 0.403 e. The second kappa shape index (κ2) is 7.65. The van der Waals surface area contributed by atoms with Gasteiger partial charge in [-0.25, -0.2) is 0 Å². The lowest BCUT2D eigenvalue weighted by atomic mass is 9.90. The summed E-state index contributed by atoms with van der Waals surface area (Å²) in [5.74, 6) is 1.13. The van der Waals surface area contributed by atoms with Gasteiger partial charge in [-0.1, -0.05) is 64.6 Å². The van der Waals surface area contributed by atoms with E-state index in [0.29, 0.717) is 0 Å². The Morgan fingerprint density at radius 2 is 1.29 bits per heavy atom. The first kappa shape index (κ1) is 19.2. The minimum atomic E-state index is -1.21. The Bertz CT molecular complexity index is 300. The highest BCUT2D eigenvalue weighted by Crippen LogP contribution is 2.39. The van der Waals surface area contributed by atoms with Crippen molar-refractivity contribution in [1.29, 1.82) is 0 Å². The Labute approximate surface area is 134 Å². The van der Waals surface area contributed by atoms with E-state index in [4.69, 9.17) is 9.31 Å². The minimum Gasteiger partial charge on any atom is -0.403 e. The highest BCUT2D eigenvalue weighted by molar-refractivity contribution is 6.85. The summed E-state index contributed by atoms with van der Waals surface area (Å²) in [5, 5.41) is 0. The van der Waals surface area contributed by atoms with Gasteiger partial charge in [0, 0.05) is 8.07 Å². The second-order valence-electron chi connectivity index (χ2n) is 8.57. The Hall–Kier alpha value is 0.202. The van der Waals surface area contributed by atoms with E-state index in [1.807, 2.05) is 0 Å². The molecular weight excluding hydrogens is 275 g/mol. The lowest BCUT2D eigenvalue weighted by Crippen LogP contribution is -2.41. The lowest BCUT2D eigenvalue weighted by Gasteiger charge is -2.32. The van der Waals surface area contributed by atoms with Crippen LogP contribution in [0.1, 0.15) is 73.1 Å². The van der Waals surface area contributed by atoms with Crippen LogP contribution >= 0.6 is 0 Å². The SMILES string of the molecule is CCCCCCCC[Si](C)(C)CB1OC(C)(C)C(C)(C)O1. The zero-order chi connectivity index (χ0) is 16.1. The van der Waals surface area contributed by atoms with Crippen LogP contribution in [-0.4, -0.2) is 26.4 Å². The molecule has 0 bridgehead atoms. The summed E-state index contributed by atoms with van der Waals surface area (Å²) in [4.78, 5) is 0. The van der Waals surface area contributed by atoms with E-state index in [1.54, 1.807) is 0 Å². The van der Waals surface area contributed by atoms with E-state index < -0.39 is 8.07 Å². The first-order valence-electron chi connectivity index (χ1n) is 8.95. The molecule has 1 fully saturated rings. The van der Waals surface area contributed by atoms with Crippen LogP contribution in [-0.2, 0) is 9.31 Å². The van der Waals surface area contributed by atoms with Gasteiger partial charge in [0.2, 0.25) is 0 Å². The molecule has 1 saturated heterocycles. The van der Waals surface area contributed by atoms with Crippen molar-refractivity contribution >= 4 is 15.2 Å². The van der Waals surface area contributed by atoms with Crippen molar-refractivity contribution in [3.8, 4) is 0 Å². The van der Waals surface area contributed by atoms with Gasteiger partial charge in [0.05, 0.1) is 11.2 Å². The molecule has 124 valence electrons. The summed E-state index contributed by atoms with van der Waals surface area (Å²) in [5.41, 5.74) is -0.357. The van der Waals surface area contributed by atoms with Crippen molar-refractivity contribution in [2.45, 2.75) is 109 Å². The number of hydrogen-bond acceptors (Lipinski definition) is 2. The fourth-order valence-electron chi connectivity index (χ4n) is 2.99. The fourth-order valence-corrected chi connectivity index (χ4v) is 5.47. The third-order valence-corrected chi connectivity index (χ3v) is 8.37. The van der Waals surface area contributed by atoms with Gasteiger partial charge in [-0.2, -0.15) is 0 Å². The fraction of sp³-hybridized carbons (Fsp3) is 1.00. The number of unbranched alkanes of at least 4 members (excludes halogenated alkanes) is 5. The van der Waals surface area contributed by atoms with Gasteiger partial charge in [-0.05, 0) is 33.6 Å². The monoisotopic (exact) mass is 312 g/mol. The zero-order valence-corrected chi connectivity index (χ0v) is 16.6. The first-order valence-corrected chi connectivity index (χ1v) is 12.4. The maximum absolute atomic E-state index is 6.17. The summed E-state index contributed by atoms with van der Waals surface area (Å²) in [6.07, 6.45) is 8.35. The van der Waals surface area contributed by atoms with Crippen molar-refractivity contribution in [2.75, 3.05) is 0 Å². The molecule has 0 aromatic rings. The van der Waals surface area contributed by atoms with Crippen molar-refractivity contribution < 1.29 is 9.31 Å². The third kappa shape index (κ3) is 6.07. The minimum absolute atomic E-state index is 0.0109. The van der Waals surface area contributed by atoms with Crippen molar-refractivity contribution in [1.82, 2.24) is 0 Å². The van der Waals surface area contributed by atoms with E-state index in [-0.39, 0.29) is 18.3 Å². The topological polar surface area (TPSA) is 18.5 Å². The molecule has 0 saturated carbocycles. The number of rotatable bonds is 9. The van der Waals surface area contributed by atoms with Gasteiger partial charge in [0.1, 0.15) is 0 Å².